The first kappa shape index (κ1) is 15.6. The molecule has 1 aromatic heterocycles. The summed E-state index contributed by atoms with van der Waals surface area (Å²) in [6, 6.07) is 17.8. The molecule has 3 aromatic rings. The van der Waals surface area contributed by atoms with Crippen LogP contribution in [0.25, 0.3) is 10.8 Å². The van der Waals surface area contributed by atoms with Crippen molar-refractivity contribution in [1.82, 2.24) is 9.88 Å². The van der Waals surface area contributed by atoms with Gasteiger partial charge in [0, 0.05) is 30.8 Å². The monoisotopic (exact) mass is 332 g/mol. The lowest BCUT2D eigenvalue weighted by Gasteiger charge is -2.17. The third-order valence-corrected chi connectivity index (χ3v) is 4.60. The smallest absolute Gasteiger partial charge is 0.254 e. The van der Waals surface area contributed by atoms with Gasteiger partial charge in [0.2, 0.25) is 5.88 Å². The number of likely N-dealkylation sites (tertiary alicyclic amines) is 1. The van der Waals surface area contributed by atoms with E-state index in [1.807, 2.05) is 60.4 Å². The van der Waals surface area contributed by atoms with Crippen LogP contribution in [0.15, 0.2) is 60.8 Å². The van der Waals surface area contributed by atoms with E-state index in [1.54, 1.807) is 6.20 Å². The number of aromatic nitrogens is 1. The fourth-order valence-corrected chi connectivity index (χ4v) is 3.21. The largest absolute Gasteiger partial charge is 0.472 e. The zero-order valence-electron chi connectivity index (χ0n) is 14.2. The van der Waals surface area contributed by atoms with Gasteiger partial charge in [0.15, 0.2) is 0 Å². The predicted octanol–water partition coefficient (Wildman–Crippen LogP) is 3.84. The Balaban J connectivity index is 1.45. The van der Waals surface area contributed by atoms with Gasteiger partial charge in [-0.3, -0.25) is 4.79 Å². The Labute approximate surface area is 147 Å². The molecule has 0 spiro atoms. The molecule has 1 atom stereocenters. The molecule has 4 rings (SSSR count). The molecule has 126 valence electrons. The summed E-state index contributed by atoms with van der Waals surface area (Å²) in [6.45, 7) is 3.31. The summed E-state index contributed by atoms with van der Waals surface area (Å²) in [5.41, 5.74) is 1.83. The number of amides is 1. The van der Waals surface area contributed by atoms with Crippen molar-refractivity contribution in [1.29, 1.82) is 0 Å². The summed E-state index contributed by atoms with van der Waals surface area (Å²) in [5.74, 6) is 0.685. The second-order valence-electron chi connectivity index (χ2n) is 6.52. The predicted molar refractivity (Wildman–Crippen MR) is 97.9 cm³/mol. The first-order valence-corrected chi connectivity index (χ1v) is 8.56. The normalized spacial score (nSPS) is 17.0. The number of rotatable bonds is 3. The molecule has 1 unspecified atom stereocenters. The number of hydrogen-bond donors (Lipinski definition) is 0. The zero-order chi connectivity index (χ0) is 17.2. The molecule has 1 amide bonds. The molecular formula is C21H20N2O2. The molecule has 2 heterocycles. The Morgan fingerprint density at radius 3 is 2.76 bits per heavy atom. The van der Waals surface area contributed by atoms with Crippen molar-refractivity contribution in [3.05, 3.63) is 71.9 Å². The first-order valence-electron chi connectivity index (χ1n) is 8.56. The van der Waals surface area contributed by atoms with Crippen LogP contribution in [0.3, 0.4) is 0 Å². The maximum absolute atomic E-state index is 12.8. The summed E-state index contributed by atoms with van der Waals surface area (Å²) < 4.78 is 5.91. The Morgan fingerprint density at radius 2 is 1.96 bits per heavy atom. The molecular weight excluding hydrogens is 312 g/mol. The lowest BCUT2D eigenvalue weighted by molar-refractivity contribution is 0.0771. The maximum Gasteiger partial charge on any atom is 0.254 e. The van der Waals surface area contributed by atoms with Crippen molar-refractivity contribution >= 4 is 16.7 Å². The summed E-state index contributed by atoms with van der Waals surface area (Å²) in [5, 5.41) is 2.23. The highest BCUT2D eigenvalue weighted by molar-refractivity contribution is 5.98. The van der Waals surface area contributed by atoms with Crippen molar-refractivity contribution in [2.75, 3.05) is 13.1 Å². The molecule has 0 N–H and O–H groups in total. The van der Waals surface area contributed by atoms with Gasteiger partial charge in [0.25, 0.3) is 5.91 Å². The Bertz CT molecular complexity index is 905. The molecule has 0 saturated carbocycles. The van der Waals surface area contributed by atoms with E-state index in [4.69, 9.17) is 4.74 Å². The molecule has 1 aliphatic heterocycles. The Morgan fingerprint density at radius 1 is 1.12 bits per heavy atom. The summed E-state index contributed by atoms with van der Waals surface area (Å²) >= 11 is 0. The Kier molecular flexibility index (Phi) is 4.10. The number of carbonyl (C=O) groups excluding carboxylic acids is 1. The van der Waals surface area contributed by atoms with Crippen LogP contribution in [-0.4, -0.2) is 35.0 Å². The Hall–Kier alpha value is -2.88. The first-order chi connectivity index (χ1) is 12.2. The molecule has 25 heavy (non-hydrogen) atoms. The molecule has 1 saturated heterocycles. The van der Waals surface area contributed by atoms with Gasteiger partial charge < -0.3 is 9.64 Å². The van der Waals surface area contributed by atoms with E-state index < -0.39 is 0 Å². The van der Waals surface area contributed by atoms with Gasteiger partial charge in [-0.2, -0.15) is 0 Å². The van der Waals surface area contributed by atoms with Crippen molar-refractivity contribution in [3.63, 3.8) is 0 Å². The average Bonchev–Trinajstić information content (AvgIpc) is 3.11. The van der Waals surface area contributed by atoms with Gasteiger partial charge in [0.1, 0.15) is 6.10 Å². The van der Waals surface area contributed by atoms with E-state index in [0.29, 0.717) is 19.0 Å². The fraction of sp³-hybridized carbons (Fsp3) is 0.238. The number of aryl methyl sites for hydroxylation is 1. The fourth-order valence-electron chi connectivity index (χ4n) is 3.21. The third kappa shape index (κ3) is 3.33. The molecule has 4 nitrogen and oxygen atoms in total. The van der Waals surface area contributed by atoms with Crippen LogP contribution in [0.2, 0.25) is 0 Å². The second kappa shape index (κ2) is 6.55. The van der Waals surface area contributed by atoms with Crippen molar-refractivity contribution in [2.24, 2.45) is 0 Å². The van der Waals surface area contributed by atoms with Gasteiger partial charge in [-0.15, -0.1) is 0 Å². The van der Waals surface area contributed by atoms with Crippen LogP contribution >= 0.6 is 0 Å². The number of benzene rings is 2. The van der Waals surface area contributed by atoms with Gasteiger partial charge >= 0.3 is 0 Å². The quantitative estimate of drug-likeness (QED) is 0.732. The van der Waals surface area contributed by atoms with E-state index in [1.165, 1.54) is 0 Å². The van der Waals surface area contributed by atoms with Crippen molar-refractivity contribution in [3.8, 4) is 5.88 Å². The molecule has 0 bridgehead atoms. The SMILES string of the molecule is Cc1ccc(OC2CCN(C(=O)c3ccc4ccccc4c3)C2)nc1. The standard InChI is InChI=1S/C21H20N2O2/c1-15-6-9-20(22-13-15)25-19-10-11-23(14-19)21(24)18-8-7-16-4-2-3-5-17(16)12-18/h2-9,12-13,19H,10-11,14H2,1H3. The number of carbonyl (C=O) groups is 1. The summed E-state index contributed by atoms with van der Waals surface area (Å²) in [6.07, 6.45) is 2.62. The second-order valence-corrected chi connectivity index (χ2v) is 6.52. The summed E-state index contributed by atoms with van der Waals surface area (Å²) in [7, 11) is 0. The van der Waals surface area contributed by atoms with Crippen molar-refractivity contribution in [2.45, 2.75) is 19.4 Å². The molecule has 4 heteroatoms. The van der Waals surface area contributed by atoms with Crippen LogP contribution in [0.4, 0.5) is 0 Å². The third-order valence-electron chi connectivity index (χ3n) is 4.60. The average molecular weight is 332 g/mol. The van der Waals surface area contributed by atoms with Crippen LogP contribution in [-0.2, 0) is 0 Å². The minimum absolute atomic E-state index is 0.000359. The highest BCUT2D eigenvalue weighted by atomic mass is 16.5. The maximum atomic E-state index is 12.8. The van der Waals surface area contributed by atoms with Gasteiger partial charge in [0.05, 0.1) is 6.54 Å². The van der Waals surface area contributed by atoms with E-state index in [-0.39, 0.29) is 12.0 Å². The van der Waals surface area contributed by atoms with Crippen LogP contribution < -0.4 is 4.74 Å². The van der Waals surface area contributed by atoms with E-state index >= 15 is 0 Å². The minimum atomic E-state index is -0.000359. The lowest BCUT2D eigenvalue weighted by atomic mass is 10.1. The topological polar surface area (TPSA) is 42.4 Å². The number of nitrogens with zero attached hydrogens (tertiary/aromatic N) is 2. The van der Waals surface area contributed by atoms with E-state index in [0.717, 1.165) is 28.3 Å². The van der Waals surface area contributed by atoms with Gasteiger partial charge in [-0.25, -0.2) is 4.98 Å². The number of hydrogen-bond acceptors (Lipinski definition) is 3. The van der Waals surface area contributed by atoms with Crippen LogP contribution in [0, 0.1) is 6.92 Å². The van der Waals surface area contributed by atoms with Crippen LogP contribution in [0.5, 0.6) is 5.88 Å². The molecule has 1 fully saturated rings. The van der Waals surface area contributed by atoms with Gasteiger partial charge in [-0.1, -0.05) is 36.4 Å². The van der Waals surface area contributed by atoms with Gasteiger partial charge in [-0.05, 0) is 35.4 Å². The number of pyridine rings is 1. The molecule has 2 aromatic carbocycles. The van der Waals surface area contributed by atoms with E-state index in [2.05, 4.69) is 11.1 Å². The number of ether oxygens (including phenoxy) is 1. The lowest BCUT2D eigenvalue weighted by Crippen LogP contribution is -2.31. The molecule has 0 radical (unpaired) electrons. The number of fused-ring (bicyclic) bond motifs is 1. The van der Waals surface area contributed by atoms with Crippen LogP contribution in [0.1, 0.15) is 22.3 Å². The molecule has 0 aliphatic carbocycles. The molecule has 1 aliphatic rings. The van der Waals surface area contributed by atoms with E-state index in [9.17, 15) is 4.79 Å². The van der Waals surface area contributed by atoms with Crippen molar-refractivity contribution < 1.29 is 9.53 Å². The highest BCUT2D eigenvalue weighted by Crippen LogP contribution is 2.21. The summed E-state index contributed by atoms with van der Waals surface area (Å²) in [4.78, 5) is 18.9. The highest BCUT2D eigenvalue weighted by Gasteiger charge is 2.28. The zero-order valence-corrected chi connectivity index (χ0v) is 14.2. The minimum Gasteiger partial charge on any atom is -0.472 e.